The number of nitrogens with two attached hydrogens (primary N) is 1. The molecule has 1 aliphatic rings. The van der Waals surface area contributed by atoms with E-state index in [-0.39, 0.29) is 6.61 Å². The zero-order valence-electron chi connectivity index (χ0n) is 11.8. The predicted molar refractivity (Wildman–Crippen MR) is 82.0 cm³/mol. The molecule has 0 unspecified atom stereocenters. The molecule has 0 spiro atoms. The van der Waals surface area contributed by atoms with Gasteiger partial charge in [0.2, 0.25) is 0 Å². The second kappa shape index (κ2) is 5.97. The van der Waals surface area contributed by atoms with Crippen molar-refractivity contribution in [3.05, 3.63) is 53.6 Å². The molecule has 2 aromatic carbocycles. The number of amides is 1. The summed E-state index contributed by atoms with van der Waals surface area (Å²) < 4.78 is 5.29. The van der Waals surface area contributed by atoms with Gasteiger partial charge in [0, 0.05) is 6.54 Å². The Hall–Kier alpha value is -2.33. The molecule has 3 rings (SSSR count). The van der Waals surface area contributed by atoms with Crippen LogP contribution >= 0.6 is 0 Å². The van der Waals surface area contributed by atoms with Gasteiger partial charge < -0.3 is 15.8 Å². The van der Waals surface area contributed by atoms with Gasteiger partial charge in [-0.25, -0.2) is 0 Å². The number of fused-ring (bicyclic) bond motifs is 1. The first-order valence-corrected chi connectivity index (χ1v) is 7.07. The SMILES string of the molecule is NC(=O)COc1ccc(-c2cccc3c2CCNC3)cc1. The fourth-order valence-electron chi connectivity index (χ4n) is 2.69. The van der Waals surface area contributed by atoms with Gasteiger partial charge in [0.25, 0.3) is 5.91 Å². The van der Waals surface area contributed by atoms with Crippen LogP contribution in [0.2, 0.25) is 0 Å². The second-order valence-electron chi connectivity index (χ2n) is 5.15. The quantitative estimate of drug-likeness (QED) is 0.899. The lowest BCUT2D eigenvalue weighted by molar-refractivity contribution is -0.119. The fraction of sp³-hybridized carbons (Fsp3) is 0.235. The average Bonchev–Trinajstić information content (AvgIpc) is 2.53. The zero-order chi connectivity index (χ0) is 14.7. The molecule has 3 N–H and O–H groups in total. The van der Waals surface area contributed by atoms with Gasteiger partial charge in [0.05, 0.1) is 0 Å². The monoisotopic (exact) mass is 282 g/mol. The third-order valence-electron chi connectivity index (χ3n) is 3.69. The molecule has 0 aromatic heterocycles. The molecule has 1 aliphatic heterocycles. The van der Waals surface area contributed by atoms with Crippen molar-refractivity contribution >= 4 is 5.91 Å². The van der Waals surface area contributed by atoms with Gasteiger partial charge in [-0.05, 0) is 47.4 Å². The molecular formula is C17H18N2O2. The molecule has 108 valence electrons. The summed E-state index contributed by atoms with van der Waals surface area (Å²) in [5, 5.41) is 3.39. The van der Waals surface area contributed by atoms with Crippen LogP contribution in [0, 0.1) is 0 Å². The van der Waals surface area contributed by atoms with Gasteiger partial charge in [-0.15, -0.1) is 0 Å². The molecule has 1 heterocycles. The maximum absolute atomic E-state index is 10.7. The Balaban J connectivity index is 1.86. The smallest absolute Gasteiger partial charge is 0.255 e. The highest BCUT2D eigenvalue weighted by Crippen LogP contribution is 2.29. The molecule has 0 atom stereocenters. The van der Waals surface area contributed by atoms with Gasteiger partial charge in [0.15, 0.2) is 6.61 Å². The Bertz CT molecular complexity index is 650. The van der Waals surface area contributed by atoms with E-state index in [9.17, 15) is 4.79 Å². The third kappa shape index (κ3) is 3.06. The van der Waals surface area contributed by atoms with Crippen LogP contribution in [0.25, 0.3) is 11.1 Å². The summed E-state index contributed by atoms with van der Waals surface area (Å²) in [6.07, 6.45) is 1.05. The topological polar surface area (TPSA) is 64.4 Å². The van der Waals surface area contributed by atoms with Crippen molar-refractivity contribution in [2.45, 2.75) is 13.0 Å². The lowest BCUT2D eigenvalue weighted by atomic mass is 9.91. The van der Waals surface area contributed by atoms with Crippen molar-refractivity contribution in [3.63, 3.8) is 0 Å². The summed E-state index contributed by atoms with van der Waals surface area (Å²) >= 11 is 0. The van der Waals surface area contributed by atoms with E-state index in [4.69, 9.17) is 10.5 Å². The number of hydrogen-bond acceptors (Lipinski definition) is 3. The van der Waals surface area contributed by atoms with E-state index in [2.05, 4.69) is 23.5 Å². The molecule has 4 heteroatoms. The molecular weight excluding hydrogens is 264 g/mol. The number of nitrogens with one attached hydrogen (secondary N) is 1. The van der Waals surface area contributed by atoms with Crippen LogP contribution in [-0.2, 0) is 17.8 Å². The number of rotatable bonds is 4. The number of primary amides is 1. The van der Waals surface area contributed by atoms with E-state index in [1.165, 1.54) is 22.3 Å². The lowest BCUT2D eigenvalue weighted by Crippen LogP contribution is -2.24. The largest absolute Gasteiger partial charge is 0.484 e. The standard InChI is InChI=1S/C17H18N2O2/c18-17(20)11-21-14-6-4-12(5-7-14)15-3-1-2-13-10-19-9-8-16(13)15/h1-7,19H,8-11H2,(H2,18,20). The van der Waals surface area contributed by atoms with E-state index < -0.39 is 5.91 Å². The van der Waals surface area contributed by atoms with Crippen molar-refractivity contribution < 1.29 is 9.53 Å². The number of carbonyl (C=O) groups is 1. The molecule has 21 heavy (non-hydrogen) atoms. The molecule has 0 saturated heterocycles. The molecule has 0 aliphatic carbocycles. The van der Waals surface area contributed by atoms with Crippen LogP contribution in [0.5, 0.6) is 5.75 Å². The molecule has 2 aromatic rings. The number of hydrogen-bond donors (Lipinski definition) is 2. The summed E-state index contributed by atoms with van der Waals surface area (Å²) in [5.74, 6) is 0.188. The Morgan fingerprint density at radius 2 is 2.00 bits per heavy atom. The van der Waals surface area contributed by atoms with Gasteiger partial charge in [-0.3, -0.25) is 4.79 Å². The summed E-state index contributed by atoms with van der Waals surface area (Å²) in [6.45, 7) is 1.86. The minimum Gasteiger partial charge on any atom is -0.484 e. The molecule has 4 nitrogen and oxygen atoms in total. The van der Waals surface area contributed by atoms with Gasteiger partial charge in [-0.2, -0.15) is 0 Å². The maximum atomic E-state index is 10.7. The lowest BCUT2D eigenvalue weighted by Gasteiger charge is -2.20. The van der Waals surface area contributed by atoms with Crippen LogP contribution in [0.3, 0.4) is 0 Å². The van der Waals surface area contributed by atoms with Crippen molar-refractivity contribution in [2.75, 3.05) is 13.2 Å². The van der Waals surface area contributed by atoms with Crippen molar-refractivity contribution in [3.8, 4) is 16.9 Å². The molecule has 0 bridgehead atoms. The highest BCUT2D eigenvalue weighted by Gasteiger charge is 2.13. The van der Waals surface area contributed by atoms with Crippen molar-refractivity contribution in [1.29, 1.82) is 0 Å². The molecule has 1 amide bonds. The fourth-order valence-corrected chi connectivity index (χ4v) is 2.69. The Morgan fingerprint density at radius 3 is 2.76 bits per heavy atom. The van der Waals surface area contributed by atoms with Gasteiger partial charge in [-0.1, -0.05) is 30.3 Å². The zero-order valence-corrected chi connectivity index (χ0v) is 11.8. The van der Waals surface area contributed by atoms with Gasteiger partial charge in [0.1, 0.15) is 5.75 Å². The van der Waals surface area contributed by atoms with E-state index >= 15 is 0 Å². The molecule has 0 saturated carbocycles. The van der Waals surface area contributed by atoms with Crippen LogP contribution in [0.4, 0.5) is 0 Å². The first-order valence-electron chi connectivity index (χ1n) is 7.07. The van der Waals surface area contributed by atoms with E-state index in [0.717, 1.165) is 19.5 Å². The first-order chi connectivity index (χ1) is 10.2. The van der Waals surface area contributed by atoms with E-state index in [1.807, 2.05) is 24.3 Å². The average molecular weight is 282 g/mol. The van der Waals surface area contributed by atoms with Crippen LogP contribution in [0.1, 0.15) is 11.1 Å². The highest BCUT2D eigenvalue weighted by atomic mass is 16.5. The first kappa shape index (κ1) is 13.6. The van der Waals surface area contributed by atoms with E-state index in [1.54, 1.807) is 0 Å². The Morgan fingerprint density at radius 1 is 1.19 bits per heavy atom. The molecule has 0 radical (unpaired) electrons. The third-order valence-corrected chi connectivity index (χ3v) is 3.69. The second-order valence-corrected chi connectivity index (χ2v) is 5.15. The minimum atomic E-state index is -0.469. The highest BCUT2D eigenvalue weighted by molar-refractivity contribution is 5.75. The minimum absolute atomic E-state index is 0.0915. The maximum Gasteiger partial charge on any atom is 0.255 e. The Kier molecular flexibility index (Phi) is 3.88. The predicted octanol–water partition coefficient (Wildman–Crippen LogP) is 1.86. The summed E-state index contributed by atoms with van der Waals surface area (Å²) in [5.41, 5.74) is 10.3. The number of benzene rings is 2. The van der Waals surface area contributed by atoms with Crippen molar-refractivity contribution in [1.82, 2.24) is 5.32 Å². The normalized spacial score (nSPS) is 13.5. The van der Waals surface area contributed by atoms with Gasteiger partial charge >= 0.3 is 0 Å². The van der Waals surface area contributed by atoms with Crippen LogP contribution in [-0.4, -0.2) is 19.1 Å². The summed E-state index contributed by atoms with van der Waals surface area (Å²) in [4.78, 5) is 10.7. The Labute approximate surface area is 123 Å². The molecule has 0 fully saturated rings. The van der Waals surface area contributed by atoms with E-state index in [0.29, 0.717) is 5.75 Å². The van der Waals surface area contributed by atoms with Crippen LogP contribution in [0.15, 0.2) is 42.5 Å². The number of carbonyl (C=O) groups excluding carboxylic acids is 1. The number of ether oxygens (including phenoxy) is 1. The van der Waals surface area contributed by atoms with Crippen LogP contribution < -0.4 is 15.8 Å². The summed E-state index contributed by atoms with van der Waals surface area (Å²) in [6, 6.07) is 14.2. The van der Waals surface area contributed by atoms with Crippen molar-refractivity contribution in [2.24, 2.45) is 5.73 Å². The summed E-state index contributed by atoms with van der Waals surface area (Å²) in [7, 11) is 0.